The van der Waals surface area contributed by atoms with E-state index < -0.39 is 0 Å². The van der Waals surface area contributed by atoms with Crippen LogP contribution in [0, 0.1) is 0 Å². The molecular formula is C10H16ClNO3. The molecule has 1 atom stereocenters. The molecule has 0 aliphatic carbocycles. The summed E-state index contributed by atoms with van der Waals surface area (Å²) in [5.41, 5.74) is 6.37. The molecule has 1 rings (SSSR count). The first-order valence-corrected chi connectivity index (χ1v) is 4.53. The van der Waals surface area contributed by atoms with Gasteiger partial charge in [-0.3, -0.25) is 0 Å². The van der Waals surface area contributed by atoms with Crippen LogP contribution in [-0.2, 0) is 0 Å². The molecule has 0 unspecified atom stereocenters. The summed E-state index contributed by atoms with van der Waals surface area (Å²) in [7, 11) is 0. The maximum atomic E-state index is 9.46. The normalized spacial score (nSPS) is 11.9. The van der Waals surface area contributed by atoms with E-state index in [9.17, 15) is 5.11 Å². The van der Waals surface area contributed by atoms with Crippen molar-refractivity contribution in [3.63, 3.8) is 0 Å². The molecule has 86 valence electrons. The average Bonchev–Trinajstić information content (AvgIpc) is 2.14. The van der Waals surface area contributed by atoms with E-state index in [0.29, 0.717) is 18.4 Å². The van der Waals surface area contributed by atoms with Crippen LogP contribution in [0.1, 0.15) is 24.4 Å². The molecule has 0 fully saturated rings. The van der Waals surface area contributed by atoms with Crippen molar-refractivity contribution in [1.29, 1.82) is 0 Å². The van der Waals surface area contributed by atoms with Gasteiger partial charge in [0.05, 0.1) is 0 Å². The molecule has 5 heteroatoms. The number of rotatable bonds is 4. The van der Waals surface area contributed by atoms with Crippen LogP contribution in [0.2, 0.25) is 0 Å². The van der Waals surface area contributed by atoms with E-state index in [4.69, 9.17) is 15.9 Å². The van der Waals surface area contributed by atoms with Crippen LogP contribution in [0.4, 0.5) is 0 Å². The van der Waals surface area contributed by atoms with Gasteiger partial charge in [0, 0.05) is 24.3 Å². The lowest BCUT2D eigenvalue weighted by atomic mass is 10.0. The number of phenolic OH excluding ortho intramolecular Hbond substituents is 2. The third kappa shape index (κ3) is 3.95. The van der Waals surface area contributed by atoms with Crippen molar-refractivity contribution >= 4 is 12.4 Å². The highest BCUT2D eigenvalue weighted by molar-refractivity contribution is 5.85. The van der Waals surface area contributed by atoms with Crippen molar-refractivity contribution in [2.45, 2.75) is 18.9 Å². The van der Waals surface area contributed by atoms with Gasteiger partial charge >= 0.3 is 0 Å². The fourth-order valence-electron chi connectivity index (χ4n) is 1.31. The summed E-state index contributed by atoms with van der Waals surface area (Å²) in [5.74, 6) is 0.0102. The van der Waals surface area contributed by atoms with Crippen LogP contribution in [0.25, 0.3) is 0 Å². The van der Waals surface area contributed by atoms with Gasteiger partial charge in [-0.2, -0.15) is 0 Å². The first-order valence-electron chi connectivity index (χ1n) is 4.53. The lowest BCUT2D eigenvalue weighted by molar-refractivity contribution is 0.279. The number of halogens is 1. The maximum Gasteiger partial charge on any atom is 0.124 e. The summed E-state index contributed by atoms with van der Waals surface area (Å²) in [4.78, 5) is 0. The van der Waals surface area contributed by atoms with Crippen LogP contribution in [0.3, 0.4) is 0 Å². The quantitative estimate of drug-likeness (QED) is 0.631. The lowest BCUT2D eigenvalue weighted by Crippen LogP contribution is -2.10. The molecular weight excluding hydrogens is 218 g/mol. The Labute approximate surface area is 94.8 Å². The fraction of sp³-hybridized carbons (Fsp3) is 0.400. The highest BCUT2D eigenvalue weighted by Crippen LogP contribution is 2.28. The zero-order valence-corrected chi connectivity index (χ0v) is 9.07. The Kier molecular flexibility index (Phi) is 6.08. The van der Waals surface area contributed by atoms with Gasteiger partial charge in [-0.05, 0) is 18.9 Å². The summed E-state index contributed by atoms with van der Waals surface area (Å²) in [6.07, 6.45) is 1.20. The van der Waals surface area contributed by atoms with E-state index in [0.717, 1.165) is 0 Å². The van der Waals surface area contributed by atoms with E-state index in [1.165, 1.54) is 12.1 Å². The minimum atomic E-state index is -0.303. The predicted octanol–water partition coefficient (Wildman–Crippen LogP) is 1.29. The van der Waals surface area contributed by atoms with Crippen LogP contribution in [0.5, 0.6) is 11.5 Å². The van der Waals surface area contributed by atoms with E-state index in [1.807, 2.05) is 0 Å². The molecule has 0 heterocycles. The molecule has 0 aromatic heterocycles. The topological polar surface area (TPSA) is 86.7 Å². The number of hydrogen-bond donors (Lipinski definition) is 4. The van der Waals surface area contributed by atoms with Gasteiger partial charge in [0.25, 0.3) is 0 Å². The molecule has 0 spiro atoms. The zero-order valence-electron chi connectivity index (χ0n) is 8.26. The summed E-state index contributed by atoms with van der Waals surface area (Å²) in [6, 6.07) is 4.03. The van der Waals surface area contributed by atoms with Crippen molar-refractivity contribution in [2.75, 3.05) is 6.61 Å². The number of aromatic hydroxyl groups is 2. The number of phenols is 2. The smallest absolute Gasteiger partial charge is 0.124 e. The fourth-order valence-corrected chi connectivity index (χ4v) is 1.31. The Morgan fingerprint density at radius 3 is 2.47 bits per heavy atom. The molecule has 0 bridgehead atoms. The van der Waals surface area contributed by atoms with E-state index >= 15 is 0 Å². The van der Waals surface area contributed by atoms with Gasteiger partial charge in [0.15, 0.2) is 0 Å². The molecule has 4 nitrogen and oxygen atoms in total. The van der Waals surface area contributed by atoms with E-state index in [2.05, 4.69) is 0 Å². The molecule has 1 aromatic rings. The van der Waals surface area contributed by atoms with Crippen molar-refractivity contribution < 1.29 is 15.3 Å². The number of aliphatic hydroxyl groups is 1. The summed E-state index contributed by atoms with van der Waals surface area (Å²) in [6.45, 7) is 0.0898. The molecule has 15 heavy (non-hydrogen) atoms. The van der Waals surface area contributed by atoms with E-state index in [1.54, 1.807) is 6.07 Å². The first kappa shape index (κ1) is 14.0. The zero-order chi connectivity index (χ0) is 10.6. The maximum absolute atomic E-state index is 9.46. The Morgan fingerprint density at radius 1 is 1.27 bits per heavy atom. The molecule has 0 saturated carbocycles. The predicted molar refractivity (Wildman–Crippen MR) is 60.3 cm³/mol. The molecule has 0 aliphatic rings. The minimum Gasteiger partial charge on any atom is -0.508 e. The molecule has 0 amide bonds. The van der Waals surface area contributed by atoms with Gasteiger partial charge in [-0.1, -0.05) is 6.07 Å². The second-order valence-electron chi connectivity index (χ2n) is 3.22. The monoisotopic (exact) mass is 233 g/mol. The van der Waals surface area contributed by atoms with Gasteiger partial charge in [0.2, 0.25) is 0 Å². The average molecular weight is 234 g/mol. The Bertz CT molecular complexity index is 307. The molecule has 5 N–H and O–H groups in total. The lowest BCUT2D eigenvalue weighted by Gasteiger charge is -2.12. The van der Waals surface area contributed by atoms with Gasteiger partial charge in [-0.25, -0.2) is 0 Å². The second-order valence-corrected chi connectivity index (χ2v) is 3.22. The van der Waals surface area contributed by atoms with E-state index in [-0.39, 0.29) is 36.6 Å². The first-order chi connectivity index (χ1) is 6.65. The molecule has 0 radical (unpaired) electrons. The third-order valence-corrected chi connectivity index (χ3v) is 2.09. The van der Waals surface area contributed by atoms with Gasteiger partial charge < -0.3 is 21.1 Å². The Hall–Kier alpha value is -0.970. The Balaban J connectivity index is 0.00000196. The van der Waals surface area contributed by atoms with Crippen molar-refractivity contribution in [3.05, 3.63) is 23.8 Å². The van der Waals surface area contributed by atoms with Crippen molar-refractivity contribution in [2.24, 2.45) is 5.73 Å². The number of nitrogens with two attached hydrogens (primary N) is 1. The Morgan fingerprint density at radius 2 is 1.93 bits per heavy atom. The van der Waals surface area contributed by atoms with Crippen LogP contribution in [0.15, 0.2) is 18.2 Å². The van der Waals surface area contributed by atoms with Crippen molar-refractivity contribution in [1.82, 2.24) is 0 Å². The number of hydrogen-bond acceptors (Lipinski definition) is 4. The third-order valence-electron chi connectivity index (χ3n) is 2.09. The van der Waals surface area contributed by atoms with Crippen LogP contribution in [-0.4, -0.2) is 21.9 Å². The highest BCUT2D eigenvalue weighted by atomic mass is 35.5. The molecule has 0 saturated heterocycles. The van der Waals surface area contributed by atoms with Gasteiger partial charge in [0.1, 0.15) is 11.5 Å². The highest BCUT2D eigenvalue weighted by Gasteiger charge is 2.10. The largest absolute Gasteiger partial charge is 0.508 e. The standard InChI is InChI=1S/C10H15NO3.ClH/c11-9(2-1-5-12)8-4-3-7(13)6-10(8)14;/h3-4,6,9,12-14H,1-2,5,11H2;1H/t9-;/m0./s1. The minimum absolute atomic E-state index is 0. The van der Waals surface area contributed by atoms with Crippen LogP contribution < -0.4 is 5.73 Å². The summed E-state index contributed by atoms with van der Waals surface area (Å²) in [5, 5.41) is 27.1. The summed E-state index contributed by atoms with van der Waals surface area (Å²) >= 11 is 0. The van der Waals surface area contributed by atoms with Crippen molar-refractivity contribution in [3.8, 4) is 11.5 Å². The number of benzene rings is 1. The SMILES string of the molecule is Cl.N[C@@H](CCCO)c1ccc(O)cc1O. The van der Waals surface area contributed by atoms with Gasteiger partial charge in [-0.15, -0.1) is 12.4 Å². The van der Waals surface area contributed by atoms with Crippen LogP contribution >= 0.6 is 12.4 Å². The number of aliphatic hydroxyl groups excluding tert-OH is 1. The summed E-state index contributed by atoms with van der Waals surface area (Å²) < 4.78 is 0. The second kappa shape index (κ2) is 6.50. The molecule has 0 aliphatic heterocycles. The molecule has 1 aromatic carbocycles.